The quantitative estimate of drug-likeness (QED) is 0.817. The maximum absolute atomic E-state index is 12.5. The van der Waals surface area contributed by atoms with Gasteiger partial charge in [0, 0.05) is 19.5 Å². The lowest BCUT2D eigenvalue weighted by molar-refractivity contribution is -0.141. The van der Waals surface area contributed by atoms with Gasteiger partial charge in [0.1, 0.15) is 0 Å². The van der Waals surface area contributed by atoms with Gasteiger partial charge in [-0.2, -0.15) is 0 Å². The van der Waals surface area contributed by atoms with Crippen LogP contribution in [0.1, 0.15) is 55.6 Å². The van der Waals surface area contributed by atoms with Gasteiger partial charge in [-0.05, 0) is 23.5 Å². The van der Waals surface area contributed by atoms with E-state index in [2.05, 4.69) is 5.32 Å². The predicted octanol–water partition coefficient (Wildman–Crippen LogP) is 2.28. The van der Waals surface area contributed by atoms with Gasteiger partial charge in [-0.15, -0.1) is 0 Å². The van der Waals surface area contributed by atoms with E-state index in [4.69, 9.17) is 0 Å². The second kappa shape index (κ2) is 8.34. The Labute approximate surface area is 153 Å². The highest BCUT2D eigenvalue weighted by molar-refractivity contribution is 5.86. The number of aliphatic carboxylic acids is 1. The molecule has 1 unspecified atom stereocenters. The number of fused-ring (bicyclic) bond motifs is 1. The first-order valence-corrected chi connectivity index (χ1v) is 9.39. The first-order chi connectivity index (χ1) is 12.5. The summed E-state index contributed by atoms with van der Waals surface area (Å²) in [7, 11) is 0. The second-order valence-corrected chi connectivity index (χ2v) is 7.33. The summed E-state index contributed by atoms with van der Waals surface area (Å²) < 4.78 is 0. The first kappa shape index (κ1) is 18.4. The highest BCUT2D eigenvalue weighted by Crippen LogP contribution is 2.29. The van der Waals surface area contributed by atoms with Crippen LogP contribution in [0.5, 0.6) is 0 Å². The molecule has 1 atom stereocenters. The summed E-state index contributed by atoms with van der Waals surface area (Å²) in [5.41, 5.74) is 1.62. The molecule has 1 aromatic carbocycles. The fourth-order valence-electron chi connectivity index (χ4n) is 4.02. The Morgan fingerprint density at radius 2 is 1.88 bits per heavy atom. The number of hydrogen-bond acceptors (Lipinski definition) is 3. The van der Waals surface area contributed by atoms with Crippen LogP contribution in [0.2, 0.25) is 0 Å². The Kier molecular flexibility index (Phi) is 5.91. The van der Waals surface area contributed by atoms with Crippen molar-refractivity contribution >= 4 is 17.8 Å². The number of carbonyl (C=O) groups is 3. The molecule has 0 aromatic heterocycles. The lowest BCUT2D eigenvalue weighted by Gasteiger charge is -2.32. The average Bonchev–Trinajstić information content (AvgIpc) is 3.17. The molecule has 1 aliphatic carbocycles. The monoisotopic (exact) mass is 358 g/mol. The van der Waals surface area contributed by atoms with Crippen molar-refractivity contribution in [1.29, 1.82) is 0 Å². The molecule has 0 bridgehead atoms. The van der Waals surface area contributed by atoms with Crippen LogP contribution in [0, 0.1) is 5.92 Å². The maximum Gasteiger partial charge on any atom is 0.312 e. The number of carboxylic acid groups (broad SMARTS) is 1. The first-order valence-electron chi connectivity index (χ1n) is 9.39. The van der Waals surface area contributed by atoms with E-state index in [-0.39, 0.29) is 24.9 Å². The maximum atomic E-state index is 12.5. The Balaban J connectivity index is 1.51. The van der Waals surface area contributed by atoms with E-state index in [9.17, 15) is 19.5 Å². The number of nitrogens with zero attached hydrogens (tertiary/aromatic N) is 1. The molecule has 2 N–H and O–H groups in total. The lowest BCUT2D eigenvalue weighted by Crippen LogP contribution is -2.45. The zero-order valence-electron chi connectivity index (χ0n) is 14.9. The van der Waals surface area contributed by atoms with Gasteiger partial charge in [0.15, 0.2) is 0 Å². The number of amides is 2. The Morgan fingerprint density at radius 3 is 2.62 bits per heavy atom. The topological polar surface area (TPSA) is 86.7 Å². The predicted molar refractivity (Wildman–Crippen MR) is 96.4 cm³/mol. The summed E-state index contributed by atoms with van der Waals surface area (Å²) in [4.78, 5) is 37.5. The summed E-state index contributed by atoms with van der Waals surface area (Å²) in [5.74, 6) is -1.35. The molecule has 6 heteroatoms. The largest absolute Gasteiger partial charge is 0.481 e. The van der Waals surface area contributed by atoms with Crippen molar-refractivity contribution in [2.45, 2.75) is 51.0 Å². The van der Waals surface area contributed by atoms with Gasteiger partial charge in [-0.1, -0.05) is 49.9 Å². The van der Waals surface area contributed by atoms with Crippen LogP contribution < -0.4 is 5.32 Å². The highest BCUT2D eigenvalue weighted by atomic mass is 16.4. The van der Waals surface area contributed by atoms with E-state index in [0.29, 0.717) is 18.9 Å². The standard InChI is InChI=1S/C20H26N2O4/c23-18(10-9-14-5-1-2-6-14)21-11-19(24)22-12-15-7-3-4-8-16(15)17(13-22)20(25)26/h3-4,7-8,14,17H,1-2,5-6,9-13H2,(H,21,23)(H,25,26). The molecule has 0 radical (unpaired) electrons. The number of hydrogen-bond donors (Lipinski definition) is 2. The molecule has 0 spiro atoms. The third-order valence-corrected chi connectivity index (χ3v) is 5.54. The Hall–Kier alpha value is -2.37. The molecule has 6 nitrogen and oxygen atoms in total. The molecule has 2 aliphatic rings. The molecule has 1 aromatic rings. The number of benzene rings is 1. The van der Waals surface area contributed by atoms with Crippen molar-refractivity contribution in [2.24, 2.45) is 5.92 Å². The lowest BCUT2D eigenvalue weighted by atomic mass is 9.90. The van der Waals surface area contributed by atoms with Crippen LogP contribution in [0.15, 0.2) is 24.3 Å². The minimum Gasteiger partial charge on any atom is -0.481 e. The highest BCUT2D eigenvalue weighted by Gasteiger charge is 2.32. The molecule has 1 heterocycles. The molecule has 2 amide bonds. The van der Waals surface area contributed by atoms with Gasteiger partial charge >= 0.3 is 5.97 Å². The van der Waals surface area contributed by atoms with E-state index in [1.807, 2.05) is 18.2 Å². The van der Waals surface area contributed by atoms with Crippen molar-refractivity contribution in [2.75, 3.05) is 13.1 Å². The van der Waals surface area contributed by atoms with Crippen molar-refractivity contribution in [1.82, 2.24) is 10.2 Å². The summed E-state index contributed by atoms with van der Waals surface area (Å²) in [6.07, 6.45) is 6.26. The van der Waals surface area contributed by atoms with Crippen LogP contribution in [0.4, 0.5) is 0 Å². The molecule has 140 valence electrons. The van der Waals surface area contributed by atoms with Gasteiger partial charge < -0.3 is 15.3 Å². The molecule has 1 saturated carbocycles. The Morgan fingerprint density at radius 1 is 1.15 bits per heavy atom. The smallest absolute Gasteiger partial charge is 0.312 e. The molecular formula is C20H26N2O4. The van der Waals surface area contributed by atoms with Gasteiger partial charge in [-0.25, -0.2) is 0 Å². The normalized spacial score (nSPS) is 19.8. The third-order valence-electron chi connectivity index (χ3n) is 5.54. The van der Waals surface area contributed by atoms with Crippen LogP contribution >= 0.6 is 0 Å². The molecule has 0 saturated heterocycles. The summed E-state index contributed by atoms with van der Waals surface area (Å²) in [6, 6.07) is 7.32. The van der Waals surface area contributed by atoms with Crippen LogP contribution in [-0.4, -0.2) is 40.9 Å². The number of carbonyl (C=O) groups excluding carboxylic acids is 2. The molecule has 3 rings (SSSR count). The zero-order chi connectivity index (χ0) is 18.5. The summed E-state index contributed by atoms with van der Waals surface area (Å²) in [5, 5.41) is 12.2. The van der Waals surface area contributed by atoms with Crippen LogP contribution in [0.25, 0.3) is 0 Å². The van der Waals surface area contributed by atoms with E-state index in [1.165, 1.54) is 30.6 Å². The van der Waals surface area contributed by atoms with Gasteiger partial charge in [0.25, 0.3) is 0 Å². The number of nitrogens with one attached hydrogen (secondary N) is 1. The van der Waals surface area contributed by atoms with E-state index >= 15 is 0 Å². The second-order valence-electron chi connectivity index (χ2n) is 7.33. The SMILES string of the molecule is O=C(CCC1CCCC1)NCC(=O)N1Cc2ccccc2C(C(=O)O)C1. The summed E-state index contributed by atoms with van der Waals surface area (Å²) in [6.45, 7) is 0.456. The molecule has 1 aliphatic heterocycles. The molecule has 26 heavy (non-hydrogen) atoms. The molecular weight excluding hydrogens is 332 g/mol. The van der Waals surface area contributed by atoms with Crippen molar-refractivity contribution < 1.29 is 19.5 Å². The van der Waals surface area contributed by atoms with Crippen molar-refractivity contribution in [3.8, 4) is 0 Å². The van der Waals surface area contributed by atoms with E-state index < -0.39 is 11.9 Å². The minimum absolute atomic E-state index is 0.0714. The molecule has 1 fully saturated rings. The number of carboxylic acids is 1. The fourth-order valence-corrected chi connectivity index (χ4v) is 4.02. The Bertz CT molecular complexity index is 682. The van der Waals surface area contributed by atoms with Gasteiger partial charge in [0.05, 0.1) is 12.5 Å². The zero-order valence-corrected chi connectivity index (χ0v) is 14.9. The van der Waals surface area contributed by atoms with E-state index in [1.54, 1.807) is 6.07 Å². The van der Waals surface area contributed by atoms with Crippen LogP contribution in [0.3, 0.4) is 0 Å². The average molecular weight is 358 g/mol. The fraction of sp³-hybridized carbons (Fsp3) is 0.550. The number of rotatable bonds is 6. The van der Waals surface area contributed by atoms with E-state index in [0.717, 1.165) is 17.5 Å². The third kappa shape index (κ3) is 4.42. The van der Waals surface area contributed by atoms with Crippen molar-refractivity contribution in [3.63, 3.8) is 0 Å². The van der Waals surface area contributed by atoms with Gasteiger partial charge in [0.2, 0.25) is 11.8 Å². The van der Waals surface area contributed by atoms with Crippen molar-refractivity contribution in [3.05, 3.63) is 35.4 Å². The van der Waals surface area contributed by atoms with Crippen LogP contribution in [-0.2, 0) is 20.9 Å². The summed E-state index contributed by atoms with van der Waals surface area (Å²) >= 11 is 0. The van der Waals surface area contributed by atoms with Gasteiger partial charge in [-0.3, -0.25) is 14.4 Å². The minimum atomic E-state index is -0.935.